The zero-order chi connectivity index (χ0) is 21.1. The normalized spacial score (nSPS) is 13.8. The Labute approximate surface area is 171 Å². The van der Waals surface area contributed by atoms with Crippen molar-refractivity contribution in [3.63, 3.8) is 0 Å². The first-order chi connectivity index (χ1) is 14.4. The summed E-state index contributed by atoms with van der Waals surface area (Å²) in [4.78, 5) is 12.6. The second kappa shape index (κ2) is 8.22. The number of hydrogen-bond donors (Lipinski definition) is 1. The summed E-state index contributed by atoms with van der Waals surface area (Å²) in [5.74, 6) is 0.753. The Bertz CT molecular complexity index is 1030. The molecule has 1 aromatic heterocycles. The van der Waals surface area contributed by atoms with Crippen molar-refractivity contribution < 1.29 is 22.7 Å². The average Bonchev–Trinajstić information content (AvgIpc) is 3.47. The van der Waals surface area contributed by atoms with E-state index >= 15 is 0 Å². The number of halogens is 3. The lowest BCUT2D eigenvalue weighted by Crippen LogP contribution is -2.28. The zero-order valence-corrected chi connectivity index (χ0v) is 16.0. The molecule has 30 heavy (non-hydrogen) atoms. The number of nitrogens with zero attached hydrogens (tertiary/aromatic N) is 2. The molecule has 1 N–H and O–H groups in total. The van der Waals surface area contributed by atoms with Crippen LogP contribution in [-0.2, 0) is 12.7 Å². The van der Waals surface area contributed by atoms with Crippen molar-refractivity contribution in [2.75, 3.05) is 6.54 Å². The fourth-order valence-corrected chi connectivity index (χ4v) is 3.19. The molecule has 156 valence electrons. The molecular weight excluding hydrogens is 395 g/mol. The molecule has 5 nitrogen and oxygen atoms in total. The van der Waals surface area contributed by atoms with E-state index in [4.69, 9.17) is 4.74 Å². The lowest BCUT2D eigenvalue weighted by molar-refractivity contribution is -0.141. The van der Waals surface area contributed by atoms with Gasteiger partial charge in [0, 0.05) is 18.2 Å². The van der Waals surface area contributed by atoms with Gasteiger partial charge >= 0.3 is 6.18 Å². The van der Waals surface area contributed by atoms with Gasteiger partial charge in [0.25, 0.3) is 5.91 Å². The van der Waals surface area contributed by atoms with Crippen LogP contribution < -0.4 is 10.1 Å². The van der Waals surface area contributed by atoms with Gasteiger partial charge in [-0.3, -0.25) is 9.48 Å². The number of para-hydroxylation sites is 2. The number of aromatic nitrogens is 2. The molecule has 1 saturated carbocycles. The highest BCUT2D eigenvalue weighted by atomic mass is 19.4. The second-order valence-corrected chi connectivity index (χ2v) is 7.12. The number of ether oxygens (including phenoxy) is 1. The number of benzene rings is 2. The minimum absolute atomic E-state index is 0.115. The molecule has 3 aromatic rings. The number of nitrogens with one attached hydrogen (secondary N) is 1. The Kier molecular flexibility index (Phi) is 5.48. The molecule has 1 heterocycles. The predicted octanol–water partition coefficient (Wildman–Crippen LogP) is 5.00. The average molecular weight is 415 g/mol. The van der Waals surface area contributed by atoms with E-state index in [0.717, 1.165) is 18.9 Å². The Morgan fingerprint density at radius 2 is 1.80 bits per heavy atom. The highest BCUT2D eigenvalue weighted by Gasteiger charge is 2.37. The Morgan fingerprint density at radius 3 is 2.50 bits per heavy atom. The summed E-state index contributed by atoms with van der Waals surface area (Å²) in [5.41, 5.74) is 0.0296. The van der Waals surface area contributed by atoms with Crippen LogP contribution in [0.15, 0.2) is 60.7 Å². The summed E-state index contributed by atoms with van der Waals surface area (Å²) >= 11 is 0. The van der Waals surface area contributed by atoms with Gasteiger partial charge in [-0.1, -0.05) is 30.3 Å². The minimum atomic E-state index is -4.48. The van der Waals surface area contributed by atoms with Crippen LogP contribution in [0.4, 0.5) is 13.2 Å². The van der Waals surface area contributed by atoms with Crippen LogP contribution in [0.25, 0.3) is 0 Å². The van der Waals surface area contributed by atoms with Crippen LogP contribution in [0.5, 0.6) is 11.5 Å². The van der Waals surface area contributed by atoms with E-state index < -0.39 is 11.9 Å². The summed E-state index contributed by atoms with van der Waals surface area (Å²) in [6, 6.07) is 17.0. The Hall–Kier alpha value is -3.29. The van der Waals surface area contributed by atoms with Crippen LogP contribution in [0.3, 0.4) is 0 Å². The molecule has 0 saturated heterocycles. The third-order valence-corrected chi connectivity index (χ3v) is 4.81. The van der Waals surface area contributed by atoms with Gasteiger partial charge in [-0.25, -0.2) is 0 Å². The molecule has 1 fully saturated rings. The lowest BCUT2D eigenvalue weighted by Gasteiger charge is -2.12. The molecule has 1 aliphatic carbocycles. The summed E-state index contributed by atoms with van der Waals surface area (Å²) in [7, 11) is 0. The predicted molar refractivity (Wildman–Crippen MR) is 104 cm³/mol. The van der Waals surface area contributed by atoms with Gasteiger partial charge in [0.05, 0.1) is 12.1 Å². The monoisotopic (exact) mass is 415 g/mol. The molecule has 2 aromatic carbocycles. The highest BCUT2D eigenvalue weighted by molar-refractivity contribution is 5.97. The van der Waals surface area contributed by atoms with E-state index in [0.29, 0.717) is 22.8 Å². The summed E-state index contributed by atoms with van der Waals surface area (Å²) in [5, 5.41) is 6.45. The van der Waals surface area contributed by atoms with Crippen molar-refractivity contribution in [3.05, 3.63) is 77.6 Å². The van der Waals surface area contributed by atoms with Crippen LogP contribution in [0.2, 0.25) is 0 Å². The van der Waals surface area contributed by atoms with E-state index in [1.54, 1.807) is 36.4 Å². The van der Waals surface area contributed by atoms with Gasteiger partial charge in [0.15, 0.2) is 5.69 Å². The summed E-state index contributed by atoms with van der Waals surface area (Å²) < 4.78 is 46.1. The Balaban J connectivity index is 1.42. The van der Waals surface area contributed by atoms with E-state index in [1.807, 2.05) is 18.2 Å². The Morgan fingerprint density at radius 1 is 1.10 bits per heavy atom. The van der Waals surface area contributed by atoms with Gasteiger partial charge in [-0.05, 0) is 43.2 Å². The third kappa shape index (κ3) is 4.64. The maximum Gasteiger partial charge on any atom is 0.435 e. The molecule has 0 radical (unpaired) electrons. The molecule has 0 unspecified atom stereocenters. The number of alkyl halides is 3. The quantitative estimate of drug-likeness (QED) is 0.591. The molecule has 8 heteroatoms. The van der Waals surface area contributed by atoms with Crippen molar-refractivity contribution in [2.45, 2.75) is 31.5 Å². The molecule has 0 atom stereocenters. The standard InChI is InChI=1S/C22H20F3N3O2/c23-22(24,25)20-14-18(15-10-11-15)28(27-20)13-12-26-21(29)17-8-4-5-9-19(17)30-16-6-2-1-3-7-16/h1-9,14-15H,10-13H2,(H,26,29). The zero-order valence-electron chi connectivity index (χ0n) is 16.0. The second-order valence-electron chi connectivity index (χ2n) is 7.12. The van der Waals surface area contributed by atoms with Gasteiger partial charge in [-0.2, -0.15) is 18.3 Å². The van der Waals surface area contributed by atoms with E-state index in [-0.39, 0.29) is 24.9 Å². The van der Waals surface area contributed by atoms with Crippen molar-refractivity contribution in [2.24, 2.45) is 0 Å². The molecule has 1 amide bonds. The molecular formula is C22H20F3N3O2. The van der Waals surface area contributed by atoms with Gasteiger partial charge in [-0.15, -0.1) is 0 Å². The first-order valence-electron chi connectivity index (χ1n) is 9.67. The van der Waals surface area contributed by atoms with Gasteiger partial charge < -0.3 is 10.1 Å². The number of amides is 1. The first-order valence-corrected chi connectivity index (χ1v) is 9.67. The first kappa shape index (κ1) is 20.0. The fraction of sp³-hybridized carbons (Fsp3) is 0.273. The molecule has 4 rings (SSSR count). The van der Waals surface area contributed by atoms with Crippen molar-refractivity contribution in [1.82, 2.24) is 15.1 Å². The van der Waals surface area contributed by atoms with Crippen LogP contribution >= 0.6 is 0 Å². The van der Waals surface area contributed by atoms with Crippen LogP contribution in [0, 0.1) is 0 Å². The number of hydrogen-bond acceptors (Lipinski definition) is 3. The lowest BCUT2D eigenvalue weighted by atomic mass is 10.2. The van der Waals surface area contributed by atoms with E-state index in [2.05, 4.69) is 10.4 Å². The molecule has 1 aliphatic rings. The SMILES string of the molecule is O=C(NCCn1nc(C(F)(F)F)cc1C1CC1)c1ccccc1Oc1ccccc1. The smallest absolute Gasteiger partial charge is 0.435 e. The van der Waals surface area contributed by atoms with Crippen molar-refractivity contribution >= 4 is 5.91 Å². The summed E-state index contributed by atoms with van der Waals surface area (Å²) in [6.45, 7) is 0.312. The van der Waals surface area contributed by atoms with Crippen LogP contribution in [0.1, 0.15) is 40.5 Å². The third-order valence-electron chi connectivity index (χ3n) is 4.81. The largest absolute Gasteiger partial charge is 0.457 e. The molecule has 0 aliphatic heterocycles. The number of carbonyl (C=O) groups is 1. The topological polar surface area (TPSA) is 56.2 Å². The number of carbonyl (C=O) groups excluding carboxylic acids is 1. The maximum absolute atomic E-state index is 13.0. The van der Waals surface area contributed by atoms with Gasteiger partial charge in [0.1, 0.15) is 11.5 Å². The van der Waals surface area contributed by atoms with E-state index in [9.17, 15) is 18.0 Å². The van der Waals surface area contributed by atoms with Crippen LogP contribution in [-0.4, -0.2) is 22.2 Å². The fourth-order valence-electron chi connectivity index (χ4n) is 3.19. The summed E-state index contributed by atoms with van der Waals surface area (Å²) in [6.07, 6.45) is -2.76. The molecule has 0 bridgehead atoms. The highest BCUT2D eigenvalue weighted by Crippen LogP contribution is 2.42. The number of rotatable bonds is 7. The molecule has 0 spiro atoms. The van der Waals surface area contributed by atoms with Crippen molar-refractivity contribution in [1.29, 1.82) is 0 Å². The maximum atomic E-state index is 13.0. The van der Waals surface area contributed by atoms with Gasteiger partial charge in [0.2, 0.25) is 0 Å². The van der Waals surface area contributed by atoms with E-state index in [1.165, 1.54) is 4.68 Å². The minimum Gasteiger partial charge on any atom is -0.457 e. The van der Waals surface area contributed by atoms with Crippen molar-refractivity contribution in [3.8, 4) is 11.5 Å².